The lowest BCUT2D eigenvalue weighted by molar-refractivity contribution is 0.323. The third-order valence-electron chi connectivity index (χ3n) is 4.07. The van der Waals surface area contributed by atoms with E-state index in [1.54, 1.807) is 7.11 Å². The number of hydrogen-bond acceptors (Lipinski definition) is 2. The Morgan fingerprint density at radius 1 is 1.19 bits per heavy atom. The lowest BCUT2D eigenvalue weighted by atomic mass is 9.86. The highest BCUT2D eigenvalue weighted by Crippen LogP contribution is 2.33. The second-order valence-electron chi connectivity index (χ2n) is 5.64. The highest BCUT2D eigenvalue weighted by atomic mass is 79.9. The van der Waals surface area contributed by atoms with Crippen LogP contribution in [0.3, 0.4) is 0 Å². The van der Waals surface area contributed by atoms with E-state index in [2.05, 4.69) is 60.2 Å². The highest BCUT2D eigenvalue weighted by molar-refractivity contribution is 9.10. The summed E-state index contributed by atoms with van der Waals surface area (Å²) in [6.07, 6.45) is 6.24. The van der Waals surface area contributed by atoms with E-state index in [1.165, 1.54) is 31.2 Å². The Bertz CT molecular complexity index is 408. The summed E-state index contributed by atoms with van der Waals surface area (Å²) >= 11 is 3.61. The van der Waals surface area contributed by atoms with Crippen molar-refractivity contribution >= 4 is 15.9 Å². The van der Waals surface area contributed by atoms with Crippen LogP contribution in [0, 0.1) is 5.92 Å². The highest BCUT2D eigenvalue weighted by Gasteiger charge is 2.21. The Hall–Kier alpha value is -0.540. The number of nitrogens with one attached hydrogen (secondary N) is 1. The van der Waals surface area contributed by atoms with Gasteiger partial charge < -0.3 is 10.1 Å². The van der Waals surface area contributed by atoms with Crippen LogP contribution in [-0.2, 0) is 0 Å². The quantitative estimate of drug-likeness (QED) is 0.579. The lowest BCUT2D eigenvalue weighted by Gasteiger charge is -2.28. The molecule has 0 aliphatic carbocycles. The number of rotatable bonds is 10. The van der Waals surface area contributed by atoms with Crippen molar-refractivity contribution in [3.05, 3.63) is 28.2 Å². The van der Waals surface area contributed by atoms with Crippen LogP contribution < -0.4 is 10.1 Å². The molecule has 0 heterocycles. The van der Waals surface area contributed by atoms with Crippen molar-refractivity contribution in [3.8, 4) is 5.75 Å². The van der Waals surface area contributed by atoms with Crippen LogP contribution >= 0.6 is 15.9 Å². The summed E-state index contributed by atoms with van der Waals surface area (Å²) in [5.41, 5.74) is 1.36. The van der Waals surface area contributed by atoms with E-state index < -0.39 is 0 Å². The molecule has 21 heavy (non-hydrogen) atoms. The van der Waals surface area contributed by atoms with Gasteiger partial charge in [-0.15, -0.1) is 0 Å². The molecule has 0 saturated heterocycles. The van der Waals surface area contributed by atoms with Gasteiger partial charge >= 0.3 is 0 Å². The van der Waals surface area contributed by atoms with Crippen molar-refractivity contribution in [1.29, 1.82) is 0 Å². The summed E-state index contributed by atoms with van der Waals surface area (Å²) in [5.74, 6) is 1.59. The lowest BCUT2D eigenvalue weighted by Crippen LogP contribution is -2.29. The Morgan fingerprint density at radius 2 is 1.95 bits per heavy atom. The van der Waals surface area contributed by atoms with Crippen LogP contribution in [0.2, 0.25) is 0 Å². The van der Waals surface area contributed by atoms with Gasteiger partial charge in [-0.3, -0.25) is 0 Å². The second-order valence-corrected chi connectivity index (χ2v) is 6.49. The molecule has 0 radical (unpaired) electrons. The van der Waals surface area contributed by atoms with E-state index >= 15 is 0 Å². The first-order valence-electron chi connectivity index (χ1n) is 8.24. The molecule has 1 N–H and O–H groups in total. The molecule has 0 aliphatic rings. The van der Waals surface area contributed by atoms with Gasteiger partial charge in [0.2, 0.25) is 0 Å². The normalized spacial score (nSPS) is 14.0. The van der Waals surface area contributed by atoms with E-state index in [0.29, 0.717) is 12.0 Å². The van der Waals surface area contributed by atoms with Crippen molar-refractivity contribution in [3.63, 3.8) is 0 Å². The predicted molar refractivity (Wildman–Crippen MR) is 95.0 cm³/mol. The van der Waals surface area contributed by atoms with Crippen LogP contribution in [0.1, 0.15) is 64.5 Å². The zero-order valence-corrected chi connectivity index (χ0v) is 15.5. The standard InChI is InChI=1S/C18H30BrNO/c1-5-8-9-14(7-3)18(20-12-6-2)15-10-11-17(21-4)16(19)13-15/h10-11,13-14,18,20H,5-9,12H2,1-4H3. The summed E-state index contributed by atoms with van der Waals surface area (Å²) in [6.45, 7) is 7.86. The first-order valence-corrected chi connectivity index (χ1v) is 9.03. The van der Waals surface area contributed by atoms with Crippen molar-refractivity contribution in [2.75, 3.05) is 13.7 Å². The Balaban J connectivity index is 2.96. The van der Waals surface area contributed by atoms with Gasteiger partial charge in [-0.1, -0.05) is 46.1 Å². The molecule has 1 rings (SSSR count). The summed E-state index contributed by atoms with van der Waals surface area (Å²) in [7, 11) is 1.71. The van der Waals surface area contributed by atoms with Gasteiger partial charge in [-0.25, -0.2) is 0 Å². The average Bonchev–Trinajstić information content (AvgIpc) is 2.50. The van der Waals surface area contributed by atoms with Crippen LogP contribution in [0.25, 0.3) is 0 Å². The average molecular weight is 356 g/mol. The van der Waals surface area contributed by atoms with Crippen molar-refractivity contribution in [2.45, 2.75) is 58.9 Å². The zero-order chi connectivity index (χ0) is 15.7. The first kappa shape index (κ1) is 18.5. The van der Waals surface area contributed by atoms with Gasteiger partial charge in [0.25, 0.3) is 0 Å². The first-order chi connectivity index (χ1) is 10.2. The molecule has 0 saturated carbocycles. The van der Waals surface area contributed by atoms with Gasteiger partial charge in [0, 0.05) is 6.04 Å². The molecule has 1 aromatic carbocycles. The van der Waals surface area contributed by atoms with Crippen LogP contribution in [0.15, 0.2) is 22.7 Å². The third-order valence-corrected chi connectivity index (χ3v) is 4.69. The number of ether oxygens (including phenoxy) is 1. The van der Waals surface area contributed by atoms with Crippen LogP contribution in [-0.4, -0.2) is 13.7 Å². The zero-order valence-electron chi connectivity index (χ0n) is 13.9. The van der Waals surface area contributed by atoms with Crippen LogP contribution in [0.4, 0.5) is 0 Å². The van der Waals surface area contributed by atoms with E-state index in [4.69, 9.17) is 4.74 Å². The maximum atomic E-state index is 5.35. The minimum atomic E-state index is 0.434. The van der Waals surface area contributed by atoms with Crippen LogP contribution in [0.5, 0.6) is 5.75 Å². The molecule has 2 atom stereocenters. The maximum absolute atomic E-state index is 5.35. The monoisotopic (exact) mass is 355 g/mol. The predicted octanol–water partition coefficient (Wildman–Crippen LogP) is 5.71. The topological polar surface area (TPSA) is 21.3 Å². The fraction of sp³-hybridized carbons (Fsp3) is 0.667. The maximum Gasteiger partial charge on any atom is 0.133 e. The molecule has 3 heteroatoms. The summed E-state index contributed by atoms with van der Waals surface area (Å²) in [4.78, 5) is 0. The van der Waals surface area contributed by atoms with E-state index in [9.17, 15) is 0 Å². The molecule has 1 aromatic rings. The molecule has 0 aromatic heterocycles. The molecule has 0 bridgehead atoms. The van der Waals surface area contributed by atoms with Crippen molar-refractivity contribution in [1.82, 2.24) is 5.32 Å². The van der Waals surface area contributed by atoms with E-state index in [0.717, 1.165) is 23.2 Å². The molecule has 2 nitrogen and oxygen atoms in total. The molecule has 0 amide bonds. The van der Waals surface area contributed by atoms with E-state index in [-0.39, 0.29) is 0 Å². The molecule has 120 valence electrons. The number of halogens is 1. The van der Waals surface area contributed by atoms with Gasteiger partial charge in [0.1, 0.15) is 5.75 Å². The molecule has 0 fully saturated rings. The van der Waals surface area contributed by atoms with Crippen molar-refractivity contribution in [2.24, 2.45) is 5.92 Å². The largest absolute Gasteiger partial charge is 0.496 e. The third kappa shape index (κ3) is 5.63. The minimum absolute atomic E-state index is 0.434. The van der Waals surface area contributed by atoms with Gasteiger partial charge in [-0.2, -0.15) is 0 Å². The molecule has 0 aliphatic heterocycles. The second kappa shape index (κ2) is 10.2. The molecule has 2 unspecified atom stereocenters. The van der Waals surface area contributed by atoms with Gasteiger partial charge in [-0.05, 0) is 58.9 Å². The fourth-order valence-corrected chi connectivity index (χ4v) is 3.36. The van der Waals surface area contributed by atoms with Gasteiger partial charge in [0.15, 0.2) is 0 Å². The smallest absolute Gasteiger partial charge is 0.133 e. The number of methoxy groups -OCH3 is 1. The molecular formula is C18H30BrNO. The van der Waals surface area contributed by atoms with Crippen molar-refractivity contribution < 1.29 is 4.74 Å². The minimum Gasteiger partial charge on any atom is -0.496 e. The number of benzene rings is 1. The number of unbranched alkanes of at least 4 members (excludes halogenated alkanes) is 1. The van der Waals surface area contributed by atoms with Gasteiger partial charge in [0.05, 0.1) is 11.6 Å². The molecule has 0 spiro atoms. The van der Waals surface area contributed by atoms with E-state index in [1.807, 2.05) is 0 Å². The summed E-state index contributed by atoms with van der Waals surface area (Å²) in [6, 6.07) is 6.91. The number of hydrogen-bond donors (Lipinski definition) is 1. The Kier molecular flexibility index (Phi) is 9.02. The Morgan fingerprint density at radius 3 is 2.48 bits per heavy atom. The summed E-state index contributed by atoms with van der Waals surface area (Å²) < 4.78 is 6.38. The fourth-order valence-electron chi connectivity index (χ4n) is 2.81. The SMILES string of the molecule is CCCCC(CC)C(NCCC)c1ccc(OC)c(Br)c1. The summed E-state index contributed by atoms with van der Waals surface area (Å²) in [5, 5.41) is 3.75. The Labute approximate surface area is 138 Å². The molecular weight excluding hydrogens is 326 g/mol.